The molecule has 22 heavy (non-hydrogen) atoms. The second-order valence-electron chi connectivity index (χ2n) is 6.67. The van der Waals surface area contributed by atoms with Crippen LogP contribution in [-0.2, 0) is 15.4 Å². The van der Waals surface area contributed by atoms with Crippen LogP contribution in [0.4, 0.5) is 5.69 Å². The molecule has 2 aromatic carbocycles. The van der Waals surface area contributed by atoms with Crippen LogP contribution in [0.3, 0.4) is 0 Å². The third-order valence-corrected chi connectivity index (χ3v) is 5.13. The molecular weight excluding hydrogens is 294 g/mol. The summed E-state index contributed by atoms with van der Waals surface area (Å²) in [7, 11) is -3.59. The van der Waals surface area contributed by atoms with Gasteiger partial charge in [0.15, 0.2) is 0 Å². The SMILES string of the molecule is Cc1ccc(S(=O)(=O)Nc2ccccc2C(C)(C)C)c(C)c1. The Balaban J connectivity index is 2.46. The molecule has 2 aromatic rings. The molecule has 118 valence electrons. The fraction of sp³-hybridized carbons (Fsp3) is 0.333. The van der Waals surface area contributed by atoms with Crippen molar-refractivity contribution in [2.24, 2.45) is 0 Å². The van der Waals surface area contributed by atoms with E-state index in [0.29, 0.717) is 10.6 Å². The monoisotopic (exact) mass is 317 g/mol. The molecule has 4 heteroatoms. The van der Waals surface area contributed by atoms with Gasteiger partial charge in [-0.1, -0.05) is 56.7 Å². The van der Waals surface area contributed by atoms with E-state index in [9.17, 15) is 8.42 Å². The second kappa shape index (κ2) is 5.76. The van der Waals surface area contributed by atoms with Crippen LogP contribution in [0.2, 0.25) is 0 Å². The predicted octanol–water partition coefficient (Wildman–Crippen LogP) is 4.40. The van der Waals surface area contributed by atoms with E-state index in [-0.39, 0.29) is 5.41 Å². The van der Waals surface area contributed by atoms with Crippen molar-refractivity contribution in [1.82, 2.24) is 0 Å². The molecule has 0 aliphatic rings. The smallest absolute Gasteiger partial charge is 0.262 e. The Hall–Kier alpha value is -1.81. The first-order valence-electron chi connectivity index (χ1n) is 7.31. The van der Waals surface area contributed by atoms with Gasteiger partial charge in [-0.05, 0) is 42.5 Å². The van der Waals surface area contributed by atoms with Crippen molar-refractivity contribution >= 4 is 15.7 Å². The molecule has 0 atom stereocenters. The number of benzene rings is 2. The minimum atomic E-state index is -3.59. The molecule has 0 radical (unpaired) electrons. The van der Waals surface area contributed by atoms with Gasteiger partial charge in [-0.25, -0.2) is 8.42 Å². The zero-order valence-electron chi connectivity index (χ0n) is 13.8. The molecule has 0 aliphatic heterocycles. The molecular formula is C18H23NO2S. The van der Waals surface area contributed by atoms with Gasteiger partial charge in [0.05, 0.1) is 10.6 Å². The van der Waals surface area contributed by atoms with E-state index in [1.165, 1.54) is 0 Å². The number of rotatable bonds is 3. The summed E-state index contributed by atoms with van der Waals surface area (Å²) in [6.07, 6.45) is 0. The van der Waals surface area contributed by atoms with E-state index in [1.54, 1.807) is 6.07 Å². The molecule has 0 saturated heterocycles. The Morgan fingerprint density at radius 3 is 2.18 bits per heavy atom. The van der Waals surface area contributed by atoms with Gasteiger partial charge >= 0.3 is 0 Å². The molecule has 0 bridgehead atoms. The van der Waals surface area contributed by atoms with Crippen molar-refractivity contribution in [3.63, 3.8) is 0 Å². The number of anilines is 1. The van der Waals surface area contributed by atoms with Gasteiger partial charge in [0.1, 0.15) is 0 Å². The zero-order valence-corrected chi connectivity index (χ0v) is 14.6. The van der Waals surface area contributed by atoms with E-state index in [4.69, 9.17) is 0 Å². The normalized spacial score (nSPS) is 12.2. The van der Waals surface area contributed by atoms with Crippen LogP contribution < -0.4 is 4.72 Å². The van der Waals surface area contributed by atoms with E-state index in [1.807, 2.05) is 50.2 Å². The van der Waals surface area contributed by atoms with Gasteiger partial charge in [0.25, 0.3) is 10.0 Å². The average Bonchev–Trinajstić information content (AvgIpc) is 2.36. The second-order valence-corrected chi connectivity index (χ2v) is 8.32. The summed E-state index contributed by atoms with van der Waals surface area (Å²) in [5.41, 5.74) is 3.27. The lowest BCUT2D eigenvalue weighted by Gasteiger charge is -2.23. The highest BCUT2D eigenvalue weighted by molar-refractivity contribution is 7.92. The largest absolute Gasteiger partial charge is 0.279 e. The molecule has 0 saturated carbocycles. The van der Waals surface area contributed by atoms with E-state index in [2.05, 4.69) is 25.5 Å². The maximum atomic E-state index is 12.7. The van der Waals surface area contributed by atoms with Crippen LogP contribution in [0, 0.1) is 13.8 Å². The fourth-order valence-electron chi connectivity index (χ4n) is 2.53. The maximum absolute atomic E-state index is 12.7. The molecule has 2 rings (SSSR count). The van der Waals surface area contributed by atoms with Crippen molar-refractivity contribution in [2.45, 2.75) is 44.9 Å². The van der Waals surface area contributed by atoms with Crippen LogP contribution in [0.15, 0.2) is 47.4 Å². The first-order valence-corrected chi connectivity index (χ1v) is 8.79. The van der Waals surface area contributed by atoms with E-state index >= 15 is 0 Å². The third-order valence-electron chi connectivity index (χ3n) is 3.60. The first-order chi connectivity index (χ1) is 10.1. The topological polar surface area (TPSA) is 46.2 Å². The Morgan fingerprint density at radius 1 is 0.955 bits per heavy atom. The highest BCUT2D eigenvalue weighted by Crippen LogP contribution is 2.31. The van der Waals surface area contributed by atoms with E-state index < -0.39 is 10.0 Å². The van der Waals surface area contributed by atoms with E-state index in [0.717, 1.165) is 16.7 Å². The van der Waals surface area contributed by atoms with Gasteiger partial charge in [-0.3, -0.25) is 4.72 Å². The summed E-state index contributed by atoms with van der Waals surface area (Å²) in [6, 6.07) is 12.9. The number of nitrogens with one attached hydrogen (secondary N) is 1. The van der Waals surface area contributed by atoms with Gasteiger partial charge < -0.3 is 0 Å². The number of sulfonamides is 1. The van der Waals surface area contributed by atoms with Crippen LogP contribution in [0.25, 0.3) is 0 Å². The van der Waals surface area contributed by atoms with Gasteiger partial charge in [-0.2, -0.15) is 0 Å². The van der Waals surface area contributed by atoms with Crippen LogP contribution in [0.1, 0.15) is 37.5 Å². The highest BCUT2D eigenvalue weighted by Gasteiger charge is 2.22. The molecule has 0 aliphatic carbocycles. The Bertz CT molecular complexity index is 787. The molecule has 3 nitrogen and oxygen atoms in total. The zero-order chi connectivity index (χ0) is 16.5. The molecule has 0 heterocycles. The molecule has 0 spiro atoms. The molecule has 0 amide bonds. The molecule has 1 N–H and O–H groups in total. The Kier molecular flexibility index (Phi) is 4.34. The van der Waals surface area contributed by atoms with Crippen molar-refractivity contribution in [2.75, 3.05) is 4.72 Å². The van der Waals surface area contributed by atoms with Gasteiger partial charge in [0.2, 0.25) is 0 Å². The summed E-state index contributed by atoms with van der Waals surface area (Å²) < 4.78 is 28.1. The van der Waals surface area contributed by atoms with Crippen LogP contribution >= 0.6 is 0 Å². The lowest BCUT2D eigenvalue weighted by molar-refractivity contribution is 0.590. The lowest BCUT2D eigenvalue weighted by atomic mass is 9.86. The number of hydrogen-bond acceptors (Lipinski definition) is 2. The molecule has 0 aromatic heterocycles. The van der Waals surface area contributed by atoms with Crippen LogP contribution in [0.5, 0.6) is 0 Å². The first kappa shape index (κ1) is 16.6. The molecule has 0 unspecified atom stereocenters. The highest BCUT2D eigenvalue weighted by atomic mass is 32.2. The summed E-state index contributed by atoms with van der Waals surface area (Å²) in [5, 5.41) is 0. The van der Waals surface area contributed by atoms with Crippen molar-refractivity contribution < 1.29 is 8.42 Å². The van der Waals surface area contributed by atoms with Crippen LogP contribution in [-0.4, -0.2) is 8.42 Å². The maximum Gasteiger partial charge on any atom is 0.262 e. The Morgan fingerprint density at radius 2 is 1.59 bits per heavy atom. The standard InChI is InChI=1S/C18H23NO2S/c1-13-10-11-17(14(2)12-13)22(20,21)19-16-9-7-6-8-15(16)18(3,4)5/h6-12,19H,1-5H3. The minimum absolute atomic E-state index is 0.137. The number of hydrogen-bond donors (Lipinski definition) is 1. The minimum Gasteiger partial charge on any atom is -0.279 e. The number of aryl methyl sites for hydroxylation is 2. The quantitative estimate of drug-likeness (QED) is 0.912. The average molecular weight is 317 g/mol. The Labute approximate surface area is 133 Å². The van der Waals surface area contributed by atoms with Gasteiger partial charge in [0, 0.05) is 0 Å². The van der Waals surface area contributed by atoms with Crippen molar-refractivity contribution in [3.05, 3.63) is 59.2 Å². The summed E-state index contributed by atoms with van der Waals surface area (Å²) in [5.74, 6) is 0. The number of para-hydroxylation sites is 1. The van der Waals surface area contributed by atoms with Crippen molar-refractivity contribution in [3.8, 4) is 0 Å². The lowest BCUT2D eigenvalue weighted by Crippen LogP contribution is -2.19. The molecule has 0 fully saturated rings. The summed E-state index contributed by atoms with van der Waals surface area (Å²) in [4.78, 5) is 0.321. The predicted molar refractivity (Wildman–Crippen MR) is 91.9 cm³/mol. The van der Waals surface area contributed by atoms with Gasteiger partial charge in [-0.15, -0.1) is 0 Å². The summed E-state index contributed by atoms with van der Waals surface area (Å²) >= 11 is 0. The summed E-state index contributed by atoms with van der Waals surface area (Å²) in [6.45, 7) is 9.97. The van der Waals surface area contributed by atoms with Crippen molar-refractivity contribution in [1.29, 1.82) is 0 Å². The third kappa shape index (κ3) is 3.50. The fourth-order valence-corrected chi connectivity index (χ4v) is 3.83.